The number of alkyl halides is 3. The summed E-state index contributed by atoms with van der Waals surface area (Å²) < 4.78 is 45.4. The van der Waals surface area contributed by atoms with Gasteiger partial charge in [-0.25, -0.2) is 4.98 Å². The minimum atomic E-state index is -4.57. The van der Waals surface area contributed by atoms with Gasteiger partial charge in [0.1, 0.15) is 18.2 Å². The zero-order chi connectivity index (χ0) is 20.3. The number of nitrogens with zero attached hydrogens (tertiary/aromatic N) is 2. The van der Waals surface area contributed by atoms with Gasteiger partial charge in [-0.1, -0.05) is 0 Å². The Labute approximate surface area is 160 Å². The summed E-state index contributed by atoms with van der Waals surface area (Å²) >= 11 is 0. The molecule has 1 fully saturated rings. The van der Waals surface area contributed by atoms with Gasteiger partial charge in [-0.05, 0) is 50.7 Å². The second kappa shape index (κ2) is 8.05. The monoisotopic (exact) mass is 394 g/mol. The molecule has 0 radical (unpaired) electrons. The van der Waals surface area contributed by atoms with Gasteiger partial charge in [0.25, 0.3) is 5.91 Å². The summed E-state index contributed by atoms with van der Waals surface area (Å²) in [7, 11) is 1.96. The van der Waals surface area contributed by atoms with E-state index in [1.807, 2.05) is 7.05 Å². The summed E-state index contributed by atoms with van der Waals surface area (Å²) in [6.07, 6.45) is -1.20. The summed E-state index contributed by atoms with van der Waals surface area (Å²) in [5.41, 5.74) is 4.80. The first kappa shape index (κ1) is 19.9. The van der Waals surface area contributed by atoms with Crippen molar-refractivity contribution in [3.63, 3.8) is 0 Å². The normalized spacial score (nSPS) is 17.5. The average Bonchev–Trinajstić information content (AvgIpc) is 3.04. The molecule has 1 saturated heterocycles. The zero-order valence-electron chi connectivity index (χ0n) is 15.3. The maximum atomic E-state index is 13.3. The van der Waals surface area contributed by atoms with E-state index in [9.17, 15) is 18.0 Å². The number of nitrogen functional groups attached to an aromatic ring is 1. The molecule has 3 rings (SSSR count). The Balaban J connectivity index is 1.81. The molecule has 1 aromatic heterocycles. The average molecular weight is 394 g/mol. The Morgan fingerprint density at radius 3 is 2.82 bits per heavy atom. The smallest absolute Gasteiger partial charge is 0.416 e. The van der Waals surface area contributed by atoms with Gasteiger partial charge in [0, 0.05) is 24.0 Å². The lowest BCUT2D eigenvalue weighted by atomic mass is 10.1. The topological polar surface area (TPSA) is 80.5 Å². The van der Waals surface area contributed by atoms with E-state index < -0.39 is 17.6 Å². The first-order valence-electron chi connectivity index (χ1n) is 8.81. The molecule has 0 unspecified atom stereocenters. The zero-order valence-corrected chi connectivity index (χ0v) is 15.3. The molecule has 6 nitrogen and oxygen atoms in total. The summed E-state index contributed by atoms with van der Waals surface area (Å²) in [5, 5.41) is 2.44. The Kier molecular flexibility index (Phi) is 5.73. The van der Waals surface area contributed by atoms with Gasteiger partial charge in [0.15, 0.2) is 0 Å². The molecule has 1 aromatic carbocycles. The molecule has 3 N–H and O–H groups in total. The highest BCUT2D eigenvalue weighted by atomic mass is 19.4. The van der Waals surface area contributed by atoms with Crippen molar-refractivity contribution in [1.82, 2.24) is 9.88 Å². The van der Waals surface area contributed by atoms with Crippen LogP contribution in [0.2, 0.25) is 0 Å². The van der Waals surface area contributed by atoms with Crippen LogP contribution in [0.1, 0.15) is 28.8 Å². The predicted octanol–water partition coefficient (Wildman–Crippen LogP) is 3.41. The van der Waals surface area contributed by atoms with Crippen LogP contribution < -0.4 is 15.8 Å². The fourth-order valence-electron chi connectivity index (χ4n) is 3.11. The van der Waals surface area contributed by atoms with E-state index >= 15 is 0 Å². The minimum absolute atomic E-state index is 0.00674. The fourth-order valence-corrected chi connectivity index (χ4v) is 3.11. The highest BCUT2D eigenvalue weighted by Crippen LogP contribution is 2.34. The first-order valence-corrected chi connectivity index (χ1v) is 8.81. The number of amides is 1. The van der Waals surface area contributed by atoms with E-state index in [0.29, 0.717) is 0 Å². The van der Waals surface area contributed by atoms with Gasteiger partial charge in [-0.15, -0.1) is 0 Å². The van der Waals surface area contributed by atoms with Crippen LogP contribution in [0.3, 0.4) is 0 Å². The highest BCUT2D eigenvalue weighted by Gasteiger charge is 2.32. The van der Waals surface area contributed by atoms with E-state index in [1.165, 1.54) is 24.4 Å². The maximum absolute atomic E-state index is 13.3. The van der Waals surface area contributed by atoms with Crippen molar-refractivity contribution >= 4 is 17.4 Å². The van der Waals surface area contributed by atoms with Gasteiger partial charge >= 0.3 is 6.18 Å². The van der Waals surface area contributed by atoms with E-state index in [0.717, 1.165) is 31.5 Å². The number of ether oxygens (including phenoxy) is 1. The number of halogens is 3. The van der Waals surface area contributed by atoms with Crippen molar-refractivity contribution in [1.29, 1.82) is 0 Å². The van der Waals surface area contributed by atoms with Crippen LogP contribution in [0.4, 0.5) is 24.7 Å². The number of hydrogen-bond donors (Lipinski definition) is 2. The third-order valence-electron chi connectivity index (χ3n) is 4.69. The summed E-state index contributed by atoms with van der Waals surface area (Å²) in [4.78, 5) is 18.3. The number of carbonyl (C=O) groups excluding carboxylic acids is 1. The molecular formula is C19H21F3N4O2. The third-order valence-corrected chi connectivity index (χ3v) is 4.69. The van der Waals surface area contributed by atoms with Crippen LogP contribution in [-0.2, 0) is 6.18 Å². The maximum Gasteiger partial charge on any atom is 0.416 e. The van der Waals surface area contributed by atoms with Crippen LogP contribution >= 0.6 is 0 Å². The molecule has 1 amide bonds. The van der Waals surface area contributed by atoms with Crippen LogP contribution in [0.5, 0.6) is 5.75 Å². The third kappa shape index (κ3) is 4.72. The number of anilines is 2. The SMILES string of the molecule is CN1CCC[C@@H]1COc1cc(NC(=O)c2cccnc2N)cc(C(F)(F)F)c1. The standard InChI is InChI=1S/C19H21F3N4O2/c1-26-7-3-4-14(26)11-28-15-9-12(19(20,21)22)8-13(10-15)25-18(27)16-5-2-6-24-17(16)23/h2,5-6,8-10,14H,3-4,7,11H2,1H3,(H2,23,24)(H,25,27)/t14-/m1/s1. The van der Waals surface area contributed by atoms with Crippen LogP contribution in [0, 0.1) is 0 Å². The predicted molar refractivity (Wildman–Crippen MR) is 99.2 cm³/mol. The number of aromatic nitrogens is 1. The molecule has 28 heavy (non-hydrogen) atoms. The van der Waals surface area contributed by atoms with Crippen LogP contribution in [0.25, 0.3) is 0 Å². The Hall–Kier alpha value is -2.81. The Bertz CT molecular complexity index is 857. The van der Waals surface area contributed by atoms with Gasteiger partial charge < -0.3 is 20.7 Å². The molecule has 1 atom stereocenters. The van der Waals surface area contributed by atoms with Gasteiger partial charge in [-0.3, -0.25) is 4.79 Å². The Morgan fingerprint density at radius 2 is 2.18 bits per heavy atom. The quantitative estimate of drug-likeness (QED) is 0.812. The number of pyridine rings is 1. The number of rotatable bonds is 5. The van der Waals surface area contributed by atoms with Crippen molar-refractivity contribution in [3.8, 4) is 5.75 Å². The van der Waals surface area contributed by atoms with Crippen molar-refractivity contribution in [3.05, 3.63) is 47.7 Å². The van der Waals surface area contributed by atoms with Crippen molar-refractivity contribution in [2.24, 2.45) is 0 Å². The number of likely N-dealkylation sites (N-methyl/N-ethyl adjacent to an activating group) is 1. The summed E-state index contributed by atoms with van der Waals surface area (Å²) in [5.74, 6) is -0.608. The van der Waals surface area contributed by atoms with Gasteiger partial charge in [0.05, 0.1) is 11.1 Å². The molecule has 0 aliphatic carbocycles. The van der Waals surface area contributed by atoms with Gasteiger partial charge in [-0.2, -0.15) is 13.2 Å². The Morgan fingerprint density at radius 1 is 1.39 bits per heavy atom. The van der Waals surface area contributed by atoms with E-state index in [1.54, 1.807) is 0 Å². The van der Waals surface area contributed by atoms with Crippen LogP contribution in [0.15, 0.2) is 36.5 Å². The number of nitrogens with one attached hydrogen (secondary N) is 1. The first-order chi connectivity index (χ1) is 13.2. The van der Waals surface area contributed by atoms with E-state index in [-0.39, 0.29) is 35.5 Å². The molecular weight excluding hydrogens is 373 g/mol. The second-order valence-electron chi connectivity index (χ2n) is 6.72. The summed E-state index contributed by atoms with van der Waals surface area (Å²) in [6.45, 7) is 1.21. The van der Waals surface area contributed by atoms with Gasteiger partial charge in [0.2, 0.25) is 0 Å². The molecule has 0 bridgehead atoms. The molecule has 0 saturated carbocycles. The highest BCUT2D eigenvalue weighted by molar-refractivity contribution is 6.07. The molecule has 0 spiro atoms. The summed E-state index contributed by atoms with van der Waals surface area (Å²) in [6, 6.07) is 6.28. The lowest BCUT2D eigenvalue weighted by Gasteiger charge is -2.20. The number of carbonyl (C=O) groups is 1. The molecule has 9 heteroatoms. The van der Waals surface area contributed by atoms with E-state index in [2.05, 4.69) is 15.2 Å². The lowest BCUT2D eigenvalue weighted by molar-refractivity contribution is -0.137. The lowest BCUT2D eigenvalue weighted by Crippen LogP contribution is -2.30. The largest absolute Gasteiger partial charge is 0.492 e. The number of likely N-dealkylation sites (tertiary alicyclic amines) is 1. The minimum Gasteiger partial charge on any atom is -0.492 e. The molecule has 2 heterocycles. The number of nitrogens with two attached hydrogens (primary N) is 1. The number of benzene rings is 1. The van der Waals surface area contributed by atoms with Crippen molar-refractivity contribution in [2.75, 3.05) is 31.2 Å². The molecule has 150 valence electrons. The number of hydrogen-bond acceptors (Lipinski definition) is 5. The van der Waals surface area contributed by atoms with Crippen LogP contribution in [-0.4, -0.2) is 42.0 Å². The molecule has 1 aliphatic heterocycles. The van der Waals surface area contributed by atoms with E-state index in [4.69, 9.17) is 10.5 Å². The van der Waals surface area contributed by atoms with Crippen molar-refractivity contribution < 1.29 is 22.7 Å². The van der Waals surface area contributed by atoms with Crippen molar-refractivity contribution in [2.45, 2.75) is 25.1 Å². The molecule has 1 aliphatic rings. The second-order valence-corrected chi connectivity index (χ2v) is 6.72. The molecule has 2 aromatic rings. The fraction of sp³-hybridized carbons (Fsp3) is 0.368.